The standard InChI is InChI=1S/C33H22I8O4/c1-13-4-14(28(15-5-20(34)30(42)21(35)6-15)16-7-22(36)31(43)23(37)8-16)2-3-19(13)29(17-9-24(38)32(44)25(39)10-17)18-11-26(40)33(45)27(41)12-18/h2-13,19,28-29,42-45H,1H3. The van der Waals surface area contributed by atoms with Crippen LogP contribution in [-0.4, -0.2) is 20.4 Å². The molecule has 5 rings (SSSR count). The first-order valence-corrected chi connectivity index (χ1v) is 21.9. The molecular formula is C33H22I8O4. The second-order valence-corrected chi connectivity index (χ2v) is 20.0. The molecule has 0 radical (unpaired) electrons. The minimum absolute atomic E-state index is 0.0242. The Balaban J connectivity index is 1.66. The van der Waals surface area contributed by atoms with Gasteiger partial charge in [-0.15, -0.1) is 0 Å². The first-order valence-electron chi connectivity index (χ1n) is 13.3. The molecule has 2 atom stereocenters. The lowest BCUT2D eigenvalue weighted by Gasteiger charge is -2.34. The Morgan fingerprint density at radius 3 is 1.07 bits per heavy atom. The SMILES string of the molecule is CC1C=C(C(c2cc(I)c(O)c(I)c2)c2cc(I)c(O)c(I)c2)C=CC1C(c1cc(I)c(O)c(I)c1)c1cc(I)c(O)c(I)c1. The predicted molar refractivity (Wildman–Crippen MR) is 248 cm³/mol. The number of hydrogen-bond donors (Lipinski definition) is 4. The van der Waals surface area contributed by atoms with Crippen molar-refractivity contribution >= 4 is 181 Å². The second kappa shape index (κ2) is 15.7. The fourth-order valence-electron chi connectivity index (χ4n) is 5.72. The van der Waals surface area contributed by atoms with E-state index in [1.807, 2.05) is 24.3 Å². The molecule has 0 heterocycles. The van der Waals surface area contributed by atoms with Gasteiger partial charge in [-0.05, 0) is 269 Å². The van der Waals surface area contributed by atoms with Crippen LogP contribution in [0, 0.1) is 40.4 Å². The zero-order valence-electron chi connectivity index (χ0n) is 23.0. The highest BCUT2D eigenvalue weighted by atomic mass is 127. The third-order valence-electron chi connectivity index (χ3n) is 7.83. The molecule has 0 spiro atoms. The van der Waals surface area contributed by atoms with Crippen LogP contribution in [0.4, 0.5) is 0 Å². The molecule has 4 N–H and O–H groups in total. The Morgan fingerprint density at radius 2 is 0.778 bits per heavy atom. The van der Waals surface area contributed by atoms with Gasteiger partial charge in [0.2, 0.25) is 0 Å². The van der Waals surface area contributed by atoms with Gasteiger partial charge >= 0.3 is 0 Å². The van der Waals surface area contributed by atoms with Gasteiger partial charge in [-0.1, -0.05) is 25.2 Å². The van der Waals surface area contributed by atoms with E-state index in [4.69, 9.17) is 0 Å². The Labute approximate surface area is 371 Å². The van der Waals surface area contributed by atoms with Crippen molar-refractivity contribution in [2.45, 2.75) is 18.8 Å². The molecule has 0 aromatic heterocycles. The molecular weight excluding hydrogens is 1480 g/mol. The highest BCUT2D eigenvalue weighted by molar-refractivity contribution is 14.1. The van der Waals surface area contributed by atoms with Crippen LogP contribution in [0.5, 0.6) is 23.0 Å². The fraction of sp³-hybridized carbons (Fsp3) is 0.152. The average Bonchev–Trinajstić information content (AvgIpc) is 2.97. The monoisotopic (exact) mass is 1500 g/mol. The van der Waals surface area contributed by atoms with Crippen LogP contribution in [0.1, 0.15) is 41.0 Å². The van der Waals surface area contributed by atoms with Gasteiger partial charge in [0.05, 0.1) is 28.6 Å². The number of benzene rings is 4. The Morgan fingerprint density at radius 1 is 0.489 bits per heavy atom. The van der Waals surface area contributed by atoms with Crippen molar-refractivity contribution in [1.82, 2.24) is 0 Å². The van der Waals surface area contributed by atoms with Crippen LogP contribution in [0.15, 0.2) is 72.3 Å². The number of halogens is 8. The number of hydrogen-bond acceptors (Lipinski definition) is 4. The van der Waals surface area contributed by atoms with Crippen molar-refractivity contribution in [2.24, 2.45) is 11.8 Å². The third kappa shape index (κ3) is 8.16. The van der Waals surface area contributed by atoms with E-state index >= 15 is 0 Å². The maximum atomic E-state index is 10.6. The maximum Gasteiger partial charge on any atom is 0.142 e. The van der Waals surface area contributed by atoms with Gasteiger partial charge in [0.15, 0.2) is 0 Å². The van der Waals surface area contributed by atoms with Crippen LogP contribution in [-0.2, 0) is 0 Å². The summed E-state index contributed by atoms with van der Waals surface area (Å²) in [7, 11) is 0. The molecule has 4 aromatic carbocycles. The van der Waals surface area contributed by atoms with Crippen molar-refractivity contribution < 1.29 is 20.4 Å². The van der Waals surface area contributed by atoms with Crippen molar-refractivity contribution in [2.75, 3.05) is 0 Å². The first-order chi connectivity index (χ1) is 21.2. The summed E-state index contributed by atoms with van der Waals surface area (Å²) >= 11 is 17.5. The van der Waals surface area contributed by atoms with Crippen LogP contribution >= 0.6 is 181 Å². The summed E-state index contributed by atoms with van der Waals surface area (Å²) < 4.78 is 6.39. The Kier molecular flexibility index (Phi) is 13.2. The smallest absolute Gasteiger partial charge is 0.142 e. The molecule has 0 saturated carbocycles. The molecule has 234 valence electrons. The van der Waals surface area contributed by atoms with Crippen LogP contribution < -0.4 is 0 Å². The summed E-state index contributed by atoms with van der Waals surface area (Å²) in [5.41, 5.74) is 5.51. The number of aromatic hydroxyl groups is 4. The summed E-state index contributed by atoms with van der Waals surface area (Å²) in [5.74, 6) is 1.26. The zero-order valence-corrected chi connectivity index (χ0v) is 40.2. The minimum atomic E-state index is -0.112. The van der Waals surface area contributed by atoms with Gasteiger partial charge in [0.1, 0.15) is 23.0 Å². The number of phenols is 4. The van der Waals surface area contributed by atoms with Gasteiger partial charge < -0.3 is 20.4 Å². The van der Waals surface area contributed by atoms with E-state index in [1.54, 1.807) is 0 Å². The molecule has 0 amide bonds. The van der Waals surface area contributed by atoms with Crippen molar-refractivity contribution in [1.29, 1.82) is 0 Å². The molecule has 0 fully saturated rings. The number of phenolic OH excluding ortho intramolecular Hbond substituents is 4. The van der Waals surface area contributed by atoms with Crippen LogP contribution in [0.3, 0.4) is 0 Å². The normalized spacial score (nSPS) is 16.5. The zero-order chi connectivity index (χ0) is 32.9. The highest BCUT2D eigenvalue weighted by Gasteiger charge is 2.33. The number of rotatable bonds is 6. The number of allylic oxidation sites excluding steroid dienone is 4. The summed E-state index contributed by atoms with van der Waals surface area (Å²) in [5, 5.41) is 42.3. The Bertz CT molecular complexity index is 1680. The van der Waals surface area contributed by atoms with Gasteiger partial charge in [-0.2, -0.15) is 0 Å². The van der Waals surface area contributed by atoms with Crippen molar-refractivity contribution in [3.05, 3.63) is 123 Å². The highest BCUT2D eigenvalue weighted by Crippen LogP contribution is 2.47. The van der Waals surface area contributed by atoms with Crippen LogP contribution in [0.25, 0.3) is 0 Å². The van der Waals surface area contributed by atoms with E-state index in [1.165, 1.54) is 0 Å². The summed E-state index contributed by atoms with van der Waals surface area (Å²) in [6.45, 7) is 2.25. The molecule has 0 aliphatic heterocycles. The minimum Gasteiger partial charge on any atom is -0.506 e. The van der Waals surface area contributed by atoms with Gasteiger partial charge in [-0.25, -0.2) is 0 Å². The van der Waals surface area contributed by atoms with E-state index in [0.29, 0.717) is 11.5 Å². The fourth-order valence-corrected chi connectivity index (χ4v) is 13.0. The topological polar surface area (TPSA) is 80.9 Å². The molecule has 45 heavy (non-hydrogen) atoms. The maximum absolute atomic E-state index is 10.6. The molecule has 0 bridgehead atoms. The van der Waals surface area contributed by atoms with E-state index in [9.17, 15) is 20.4 Å². The van der Waals surface area contributed by atoms with Crippen molar-refractivity contribution in [3.8, 4) is 23.0 Å². The quantitative estimate of drug-likeness (QED) is 0.145. The van der Waals surface area contributed by atoms with E-state index in [2.05, 4.69) is 230 Å². The van der Waals surface area contributed by atoms with Crippen molar-refractivity contribution in [3.63, 3.8) is 0 Å². The molecule has 12 heteroatoms. The van der Waals surface area contributed by atoms with Gasteiger partial charge in [-0.3, -0.25) is 0 Å². The third-order valence-corrected chi connectivity index (χ3v) is 14.4. The lowest BCUT2D eigenvalue weighted by molar-refractivity contribution is 0.444. The molecule has 4 aromatic rings. The first kappa shape index (κ1) is 37.7. The van der Waals surface area contributed by atoms with Gasteiger partial charge in [0, 0.05) is 11.8 Å². The van der Waals surface area contributed by atoms with E-state index < -0.39 is 0 Å². The summed E-state index contributed by atoms with van der Waals surface area (Å²) in [6.07, 6.45) is 6.89. The lowest BCUT2D eigenvalue weighted by Crippen LogP contribution is -2.22. The summed E-state index contributed by atoms with van der Waals surface area (Å²) in [6, 6.07) is 16.5. The lowest BCUT2D eigenvalue weighted by atomic mass is 9.70. The van der Waals surface area contributed by atoms with Gasteiger partial charge in [0.25, 0.3) is 0 Å². The average molecular weight is 1500 g/mol. The van der Waals surface area contributed by atoms with E-state index in [-0.39, 0.29) is 35.2 Å². The molecule has 2 unspecified atom stereocenters. The van der Waals surface area contributed by atoms with E-state index in [0.717, 1.165) is 56.4 Å². The molecule has 1 aliphatic rings. The predicted octanol–water partition coefficient (Wildman–Crippen LogP) is 12.1. The summed E-state index contributed by atoms with van der Waals surface area (Å²) in [4.78, 5) is 0. The second-order valence-electron chi connectivity index (χ2n) is 10.7. The molecule has 4 nitrogen and oxygen atoms in total. The van der Waals surface area contributed by atoms with Crippen LogP contribution in [0.2, 0.25) is 0 Å². The largest absolute Gasteiger partial charge is 0.506 e. The Hall–Kier alpha value is 1.40. The molecule has 1 aliphatic carbocycles. The molecule has 0 saturated heterocycles.